The molecule has 1 saturated carbocycles. The van der Waals surface area contributed by atoms with Gasteiger partial charge < -0.3 is 5.11 Å². The predicted octanol–water partition coefficient (Wildman–Crippen LogP) is 4.82. The average molecular weight is 508 g/mol. The summed E-state index contributed by atoms with van der Waals surface area (Å²) < 4.78 is 30.7. The van der Waals surface area contributed by atoms with E-state index in [9.17, 15) is 13.7 Å². The number of hydrogen-bond acceptors (Lipinski definition) is 5. The Hall–Kier alpha value is -3.01. The van der Waals surface area contributed by atoms with Gasteiger partial charge >= 0.3 is 0 Å². The molecule has 2 N–H and O–H groups in total. The summed E-state index contributed by atoms with van der Waals surface area (Å²) in [6, 6.07) is 16.8. The van der Waals surface area contributed by atoms with Gasteiger partial charge in [-0.1, -0.05) is 24.3 Å². The molecule has 0 radical (unpaired) electrons. The summed E-state index contributed by atoms with van der Waals surface area (Å²) in [6.45, 7) is 5.16. The first-order valence-corrected chi connectivity index (χ1v) is 13.2. The summed E-state index contributed by atoms with van der Waals surface area (Å²) in [5.41, 5.74) is 3.67. The number of aliphatic hydroxyl groups excluding tert-OH is 1. The molecular weight excluding hydrogens is 477 g/mol. The van der Waals surface area contributed by atoms with Crippen molar-refractivity contribution in [1.29, 1.82) is 0 Å². The minimum Gasteiger partial charge on any atom is -0.393 e. The van der Waals surface area contributed by atoms with Crippen LogP contribution < -0.4 is 4.72 Å². The summed E-state index contributed by atoms with van der Waals surface area (Å²) in [4.78, 5) is 9.32. The van der Waals surface area contributed by atoms with E-state index in [-0.39, 0.29) is 18.1 Å². The molecule has 0 spiro atoms. The van der Waals surface area contributed by atoms with Crippen molar-refractivity contribution in [3.05, 3.63) is 72.2 Å². The van der Waals surface area contributed by atoms with Crippen molar-refractivity contribution >= 4 is 21.9 Å². The minimum atomic E-state index is -1.28. The lowest BCUT2D eigenvalue weighted by molar-refractivity contribution is 0.0275. The van der Waals surface area contributed by atoms with Gasteiger partial charge in [0.05, 0.1) is 56.7 Å². The van der Waals surface area contributed by atoms with E-state index < -0.39 is 22.4 Å². The zero-order chi connectivity index (χ0) is 25.4. The fourth-order valence-corrected chi connectivity index (χ4v) is 5.29. The van der Waals surface area contributed by atoms with Crippen LogP contribution in [0.2, 0.25) is 0 Å². The fraction of sp³-hybridized carbons (Fsp3) is 0.370. The number of fused-ring (bicyclic) bond motifs is 1. The minimum absolute atomic E-state index is 0.159. The summed E-state index contributed by atoms with van der Waals surface area (Å²) in [5, 5.41) is 15.3. The number of aromatic nitrogens is 4. The Bertz CT molecular complexity index is 1410. The van der Waals surface area contributed by atoms with Crippen molar-refractivity contribution in [2.75, 3.05) is 0 Å². The van der Waals surface area contributed by atoms with Gasteiger partial charge in [-0.25, -0.2) is 23.0 Å². The second kappa shape index (κ2) is 9.80. The highest BCUT2D eigenvalue weighted by Crippen LogP contribution is 2.39. The smallest absolute Gasteiger partial charge is 0.154 e. The van der Waals surface area contributed by atoms with Crippen molar-refractivity contribution in [2.24, 2.45) is 5.92 Å². The molecule has 0 aliphatic heterocycles. The maximum absolute atomic E-state index is 13.2. The van der Waals surface area contributed by atoms with Crippen molar-refractivity contribution in [3.63, 3.8) is 0 Å². The number of rotatable bonds is 7. The standard InChI is InChI=1S/C27H30FN5O2S/c1-27(2,3)36(35)32-26(19-12-21(34)13-19)23-8-5-7-22(31-23)17-10-11-18-16-29-33(24(18)14-17)25-9-4-6-20(15-28)30-25/h4-11,14,16,19,21,26,32,34H,12-13,15H2,1-3H3/t19?,21?,26-,36?/m0/s1. The van der Waals surface area contributed by atoms with Crippen LogP contribution in [0.5, 0.6) is 0 Å². The Morgan fingerprint density at radius 1 is 1.14 bits per heavy atom. The van der Waals surface area contributed by atoms with E-state index >= 15 is 0 Å². The molecule has 36 heavy (non-hydrogen) atoms. The lowest BCUT2D eigenvalue weighted by Crippen LogP contribution is -2.43. The molecule has 0 amide bonds. The fourth-order valence-electron chi connectivity index (χ4n) is 4.40. The Kier molecular flexibility index (Phi) is 6.72. The highest BCUT2D eigenvalue weighted by molar-refractivity contribution is 7.84. The third-order valence-corrected chi connectivity index (χ3v) is 8.09. The van der Waals surface area contributed by atoms with Crippen LogP contribution in [0.25, 0.3) is 28.0 Å². The van der Waals surface area contributed by atoms with E-state index in [1.165, 1.54) is 0 Å². The van der Waals surface area contributed by atoms with Crippen molar-refractivity contribution in [3.8, 4) is 17.1 Å². The van der Waals surface area contributed by atoms with Gasteiger partial charge in [0.1, 0.15) is 6.67 Å². The molecule has 7 nitrogen and oxygen atoms in total. The Morgan fingerprint density at radius 2 is 1.92 bits per heavy atom. The molecule has 1 aliphatic rings. The first-order chi connectivity index (χ1) is 17.2. The van der Waals surface area contributed by atoms with Crippen LogP contribution in [-0.2, 0) is 17.7 Å². The maximum Gasteiger partial charge on any atom is 0.154 e. The quantitative estimate of drug-likeness (QED) is 0.374. The van der Waals surface area contributed by atoms with Gasteiger partial charge in [-0.15, -0.1) is 0 Å². The second-order valence-electron chi connectivity index (χ2n) is 10.3. The summed E-state index contributed by atoms with van der Waals surface area (Å²) in [5.74, 6) is 0.711. The topological polar surface area (TPSA) is 92.9 Å². The SMILES string of the molecule is CC(C)(C)S(=O)N[C@H](c1cccc(-c2ccc3cnn(-c4cccc(CF)n4)c3c2)n1)C1CC(O)C1. The first kappa shape index (κ1) is 24.7. The molecule has 1 aliphatic carbocycles. The highest BCUT2D eigenvalue weighted by atomic mass is 32.2. The molecular formula is C27H30FN5O2S. The van der Waals surface area contributed by atoms with E-state index in [0.717, 1.165) is 27.9 Å². The van der Waals surface area contributed by atoms with Crippen LogP contribution in [0.4, 0.5) is 4.39 Å². The first-order valence-electron chi connectivity index (χ1n) is 12.1. The van der Waals surface area contributed by atoms with Crippen LogP contribution in [0.15, 0.2) is 60.8 Å². The maximum atomic E-state index is 13.2. The van der Waals surface area contributed by atoms with Gasteiger partial charge in [-0.3, -0.25) is 4.98 Å². The molecule has 1 unspecified atom stereocenters. The molecule has 1 aromatic carbocycles. The monoisotopic (exact) mass is 507 g/mol. The number of pyridine rings is 2. The Labute approximate surface area is 212 Å². The third kappa shape index (κ3) is 4.96. The molecule has 3 heterocycles. The van der Waals surface area contributed by atoms with Crippen LogP contribution in [-0.4, -0.2) is 39.9 Å². The number of nitrogens with one attached hydrogen (secondary N) is 1. The number of nitrogens with zero attached hydrogens (tertiary/aromatic N) is 4. The van der Waals surface area contributed by atoms with Gasteiger partial charge in [0.15, 0.2) is 5.82 Å². The predicted molar refractivity (Wildman–Crippen MR) is 139 cm³/mol. The van der Waals surface area contributed by atoms with Gasteiger partial charge in [0, 0.05) is 10.9 Å². The van der Waals surface area contributed by atoms with Crippen molar-refractivity contribution in [1.82, 2.24) is 24.5 Å². The molecule has 0 saturated heterocycles. The number of hydrogen-bond donors (Lipinski definition) is 2. The number of alkyl halides is 1. The van der Waals surface area contributed by atoms with Crippen molar-refractivity contribution < 1.29 is 13.7 Å². The number of aliphatic hydroxyl groups is 1. The van der Waals surface area contributed by atoms with E-state index in [1.54, 1.807) is 29.1 Å². The molecule has 3 aromatic heterocycles. The van der Waals surface area contributed by atoms with E-state index in [0.29, 0.717) is 24.4 Å². The molecule has 2 atom stereocenters. The van der Waals surface area contributed by atoms with E-state index in [2.05, 4.69) is 14.8 Å². The second-order valence-corrected chi connectivity index (χ2v) is 12.3. The number of benzene rings is 1. The molecule has 0 bridgehead atoms. The van der Waals surface area contributed by atoms with Crippen molar-refractivity contribution in [2.45, 2.75) is 57.2 Å². The lowest BCUT2D eigenvalue weighted by atomic mass is 9.76. The average Bonchev–Trinajstić information content (AvgIpc) is 3.28. The lowest BCUT2D eigenvalue weighted by Gasteiger charge is -2.38. The highest BCUT2D eigenvalue weighted by Gasteiger charge is 2.37. The normalized spacial score (nSPS) is 19.7. The van der Waals surface area contributed by atoms with Crippen LogP contribution >= 0.6 is 0 Å². The zero-order valence-electron chi connectivity index (χ0n) is 20.6. The molecule has 4 aromatic rings. The zero-order valence-corrected chi connectivity index (χ0v) is 21.4. The van der Waals surface area contributed by atoms with Gasteiger partial charge in [-0.2, -0.15) is 5.10 Å². The van der Waals surface area contributed by atoms with Crippen LogP contribution in [0, 0.1) is 5.92 Å². The molecule has 9 heteroatoms. The Balaban J connectivity index is 1.51. The largest absolute Gasteiger partial charge is 0.393 e. The van der Waals surface area contributed by atoms with Crippen LogP contribution in [0.1, 0.15) is 51.0 Å². The summed E-state index contributed by atoms with van der Waals surface area (Å²) in [7, 11) is -1.28. The van der Waals surface area contributed by atoms with E-state index in [4.69, 9.17) is 4.98 Å². The van der Waals surface area contributed by atoms with Crippen LogP contribution in [0.3, 0.4) is 0 Å². The molecule has 1 fully saturated rings. The molecule has 188 valence electrons. The Morgan fingerprint density at radius 3 is 2.64 bits per heavy atom. The van der Waals surface area contributed by atoms with Gasteiger partial charge in [0.2, 0.25) is 0 Å². The summed E-state index contributed by atoms with van der Waals surface area (Å²) >= 11 is 0. The number of halogens is 1. The third-order valence-electron chi connectivity index (χ3n) is 6.51. The molecule has 5 rings (SSSR count). The van der Waals surface area contributed by atoms with Gasteiger partial charge in [-0.05, 0) is 69.9 Å². The van der Waals surface area contributed by atoms with E-state index in [1.807, 2.05) is 57.2 Å². The summed E-state index contributed by atoms with van der Waals surface area (Å²) in [6.07, 6.45) is 2.75. The van der Waals surface area contributed by atoms with Gasteiger partial charge in [0.25, 0.3) is 0 Å².